The molecule has 5 nitrogen and oxygen atoms in total. The molecule has 26 heavy (non-hydrogen) atoms. The van der Waals surface area contributed by atoms with Gasteiger partial charge in [-0.1, -0.05) is 6.07 Å². The van der Waals surface area contributed by atoms with Gasteiger partial charge in [0, 0.05) is 11.9 Å². The molecular formula is C18H20F3N4O+. The Kier molecular flexibility index (Phi) is 5.13. The maximum absolute atomic E-state index is 12.8. The third kappa shape index (κ3) is 4.13. The summed E-state index contributed by atoms with van der Waals surface area (Å²) in [4.78, 5) is 20.4. The number of benzene rings is 1. The molecule has 0 bridgehead atoms. The van der Waals surface area contributed by atoms with Gasteiger partial charge in [0.1, 0.15) is 5.82 Å². The Bertz CT molecular complexity index is 786. The molecule has 0 unspecified atom stereocenters. The van der Waals surface area contributed by atoms with E-state index in [9.17, 15) is 18.0 Å². The van der Waals surface area contributed by atoms with Gasteiger partial charge in [-0.2, -0.15) is 13.2 Å². The van der Waals surface area contributed by atoms with E-state index in [1.807, 2.05) is 4.90 Å². The molecule has 1 fully saturated rings. The summed E-state index contributed by atoms with van der Waals surface area (Å²) in [5.41, 5.74) is -0.351. The van der Waals surface area contributed by atoms with Gasteiger partial charge in [0.2, 0.25) is 0 Å². The van der Waals surface area contributed by atoms with Gasteiger partial charge in [-0.05, 0) is 30.3 Å². The van der Waals surface area contributed by atoms with Crippen LogP contribution >= 0.6 is 0 Å². The first-order valence-corrected chi connectivity index (χ1v) is 8.34. The summed E-state index contributed by atoms with van der Waals surface area (Å²) < 4.78 is 38.5. The van der Waals surface area contributed by atoms with Gasteiger partial charge < -0.3 is 15.1 Å². The number of nitrogens with one attached hydrogen (secondary N) is 2. The van der Waals surface area contributed by atoms with Crippen LogP contribution in [-0.2, 0) is 6.18 Å². The molecule has 2 aromatic rings. The Morgan fingerprint density at radius 1 is 1.19 bits per heavy atom. The van der Waals surface area contributed by atoms with Gasteiger partial charge >= 0.3 is 6.18 Å². The largest absolute Gasteiger partial charge is 0.416 e. The van der Waals surface area contributed by atoms with E-state index in [-0.39, 0.29) is 5.69 Å². The lowest BCUT2D eigenvalue weighted by Gasteiger charge is -2.31. The third-order valence-corrected chi connectivity index (χ3v) is 4.40. The van der Waals surface area contributed by atoms with E-state index in [0.717, 1.165) is 38.3 Å². The van der Waals surface area contributed by atoms with Crippen molar-refractivity contribution in [1.29, 1.82) is 0 Å². The Hall–Kier alpha value is -2.61. The number of hydrogen-bond acceptors (Lipinski definition) is 3. The summed E-state index contributed by atoms with van der Waals surface area (Å²) in [5.74, 6) is 0.0863. The van der Waals surface area contributed by atoms with Crippen LogP contribution in [0.3, 0.4) is 0 Å². The number of aromatic nitrogens is 1. The molecule has 0 radical (unpaired) electrons. The standard InChI is InChI=1S/C18H19F3N4O/c1-24-8-10-25(11-9-24)16-15(6-3-7-22-16)17(26)23-14-5-2-4-13(12-14)18(19,20)21/h2-7,12H,8-11H2,1H3,(H,23,26)/p+1. The van der Waals surface area contributed by atoms with Crippen LogP contribution < -0.4 is 15.1 Å². The zero-order valence-corrected chi connectivity index (χ0v) is 14.3. The number of rotatable bonds is 3. The lowest BCUT2D eigenvalue weighted by atomic mass is 10.1. The Balaban J connectivity index is 1.81. The number of carbonyl (C=O) groups excluding carboxylic acids is 1. The molecule has 138 valence electrons. The number of hydrogen-bond donors (Lipinski definition) is 2. The fraction of sp³-hybridized carbons (Fsp3) is 0.333. The topological polar surface area (TPSA) is 49.7 Å². The van der Waals surface area contributed by atoms with Crippen molar-refractivity contribution < 1.29 is 22.9 Å². The summed E-state index contributed by atoms with van der Waals surface area (Å²) >= 11 is 0. The predicted octanol–water partition coefficient (Wildman–Crippen LogP) is 1.69. The maximum atomic E-state index is 12.8. The molecule has 1 aromatic carbocycles. The van der Waals surface area contributed by atoms with Gasteiger partial charge in [0.15, 0.2) is 0 Å². The molecule has 0 spiro atoms. The smallest absolute Gasteiger partial charge is 0.345 e. The van der Waals surface area contributed by atoms with Gasteiger partial charge in [-0.3, -0.25) is 4.79 Å². The van der Waals surface area contributed by atoms with E-state index < -0.39 is 17.6 Å². The monoisotopic (exact) mass is 365 g/mol. The normalized spacial score (nSPS) is 15.8. The van der Waals surface area contributed by atoms with Gasteiger partial charge in [-0.25, -0.2) is 4.98 Å². The molecule has 3 rings (SSSR count). The zero-order valence-electron chi connectivity index (χ0n) is 14.3. The predicted molar refractivity (Wildman–Crippen MR) is 92.5 cm³/mol. The molecular weight excluding hydrogens is 345 g/mol. The summed E-state index contributed by atoms with van der Waals surface area (Å²) in [6.45, 7) is 3.41. The lowest BCUT2D eigenvalue weighted by molar-refractivity contribution is -0.880. The van der Waals surface area contributed by atoms with E-state index in [4.69, 9.17) is 0 Å². The second-order valence-electron chi connectivity index (χ2n) is 6.35. The number of quaternary nitrogens is 1. The van der Waals surface area contributed by atoms with Crippen LogP contribution in [-0.4, -0.2) is 44.1 Å². The minimum atomic E-state index is -4.46. The van der Waals surface area contributed by atoms with Crippen molar-refractivity contribution in [1.82, 2.24) is 4.98 Å². The fourth-order valence-electron chi connectivity index (χ4n) is 2.90. The molecule has 2 N–H and O–H groups in total. The molecule has 0 aliphatic carbocycles. The number of carbonyl (C=O) groups is 1. The molecule has 2 heterocycles. The van der Waals surface area contributed by atoms with Gasteiger partial charge in [0.05, 0.1) is 44.4 Å². The summed E-state index contributed by atoms with van der Waals surface area (Å²) in [7, 11) is 2.11. The van der Waals surface area contributed by atoms with Crippen LogP contribution in [0.1, 0.15) is 15.9 Å². The van der Waals surface area contributed by atoms with Crippen molar-refractivity contribution in [3.8, 4) is 0 Å². The van der Waals surface area contributed by atoms with Crippen LogP contribution in [0.5, 0.6) is 0 Å². The summed E-state index contributed by atoms with van der Waals surface area (Å²) in [6.07, 6.45) is -2.84. The highest BCUT2D eigenvalue weighted by molar-refractivity contribution is 6.07. The quantitative estimate of drug-likeness (QED) is 0.870. The van der Waals surface area contributed by atoms with Crippen molar-refractivity contribution in [2.24, 2.45) is 0 Å². The van der Waals surface area contributed by atoms with E-state index in [0.29, 0.717) is 11.4 Å². The Labute approximate surface area is 149 Å². The molecule has 0 saturated carbocycles. The van der Waals surface area contributed by atoms with E-state index in [1.54, 1.807) is 18.3 Å². The van der Waals surface area contributed by atoms with Crippen LogP contribution in [0.2, 0.25) is 0 Å². The van der Waals surface area contributed by atoms with Crippen molar-refractivity contribution >= 4 is 17.4 Å². The molecule has 1 saturated heterocycles. The van der Waals surface area contributed by atoms with E-state index in [1.165, 1.54) is 17.0 Å². The van der Waals surface area contributed by atoms with Crippen LogP contribution in [0.15, 0.2) is 42.6 Å². The average molecular weight is 365 g/mol. The Morgan fingerprint density at radius 2 is 1.92 bits per heavy atom. The number of anilines is 2. The highest BCUT2D eigenvalue weighted by Crippen LogP contribution is 2.31. The van der Waals surface area contributed by atoms with Crippen LogP contribution in [0.25, 0.3) is 0 Å². The molecule has 0 atom stereocenters. The first kappa shape index (κ1) is 18.2. The molecule has 1 aliphatic heterocycles. The maximum Gasteiger partial charge on any atom is 0.416 e. The van der Waals surface area contributed by atoms with E-state index in [2.05, 4.69) is 17.3 Å². The Morgan fingerprint density at radius 3 is 2.62 bits per heavy atom. The van der Waals surface area contributed by atoms with Crippen LogP contribution in [0, 0.1) is 0 Å². The van der Waals surface area contributed by atoms with Crippen molar-refractivity contribution in [2.45, 2.75) is 6.18 Å². The van der Waals surface area contributed by atoms with Gasteiger partial charge in [-0.15, -0.1) is 0 Å². The lowest BCUT2D eigenvalue weighted by Crippen LogP contribution is -3.12. The number of piperazine rings is 1. The number of halogens is 3. The molecule has 8 heteroatoms. The minimum Gasteiger partial charge on any atom is -0.345 e. The third-order valence-electron chi connectivity index (χ3n) is 4.40. The second kappa shape index (κ2) is 7.33. The number of amides is 1. The second-order valence-corrected chi connectivity index (χ2v) is 6.35. The molecule has 1 aliphatic rings. The highest BCUT2D eigenvalue weighted by Gasteiger charge is 2.30. The zero-order chi connectivity index (χ0) is 18.7. The fourth-order valence-corrected chi connectivity index (χ4v) is 2.90. The van der Waals surface area contributed by atoms with Crippen LogP contribution in [0.4, 0.5) is 24.7 Å². The van der Waals surface area contributed by atoms with Crippen molar-refractivity contribution in [2.75, 3.05) is 43.4 Å². The summed E-state index contributed by atoms with van der Waals surface area (Å²) in [5, 5.41) is 2.55. The number of nitrogens with zero attached hydrogens (tertiary/aromatic N) is 2. The molecule has 1 amide bonds. The SMILES string of the molecule is C[NH+]1CCN(c2ncccc2C(=O)Nc2cccc(C(F)(F)F)c2)CC1. The van der Waals surface area contributed by atoms with Crippen molar-refractivity contribution in [3.63, 3.8) is 0 Å². The highest BCUT2D eigenvalue weighted by atomic mass is 19.4. The average Bonchev–Trinajstić information content (AvgIpc) is 2.62. The number of alkyl halides is 3. The first-order chi connectivity index (χ1) is 12.3. The number of pyridine rings is 1. The number of likely N-dealkylation sites (N-methyl/N-ethyl adjacent to an activating group) is 1. The summed E-state index contributed by atoms with van der Waals surface area (Å²) in [6, 6.07) is 7.88. The minimum absolute atomic E-state index is 0.0995. The molecule has 1 aromatic heterocycles. The first-order valence-electron chi connectivity index (χ1n) is 8.34. The van der Waals surface area contributed by atoms with Gasteiger partial charge in [0.25, 0.3) is 5.91 Å². The van der Waals surface area contributed by atoms with E-state index >= 15 is 0 Å². The van der Waals surface area contributed by atoms with Crippen molar-refractivity contribution in [3.05, 3.63) is 53.7 Å².